The first-order valence-corrected chi connectivity index (χ1v) is 6.35. The van der Waals surface area contributed by atoms with Crippen molar-refractivity contribution >= 4 is 11.9 Å². The third-order valence-electron chi connectivity index (χ3n) is 2.75. The lowest BCUT2D eigenvalue weighted by Gasteiger charge is -2.20. The van der Waals surface area contributed by atoms with Gasteiger partial charge in [-0.1, -0.05) is 6.07 Å². The maximum absolute atomic E-state index is 13.5. The van der Waals surface area contributed by atoms with Gasteiger partial charge >= 0.3 is 5.97 Å². The predicted octanol–water partition coefficient (Wildman–Crippen LogP) is 1.92. The molecular formula is C14H17F2NO3. The topological polar surface area (TPSA) is 46.6 Å². The summed E-state index contributed by atoms with van der Waals surface area (Å²) in [6.07, 6.45) is -0.425. The number of likely N-dealkylation sites (N-methyl/N-ethyl adjacent to an activating group) is 1. The minimum absolute atomic E-state index is 0.215. The smallest absolute Gasteiger partial charge is 0.325 e. The van der Waals surface area contributed by atoms with Crippen LogP contribution < -0.4 is 0 Å². The van der Waals surface area contributed by atoms with E-state index in [0.717, 1.165) is 12.1 Å². The van der Waals surface area contributed by atoms with Gasteiger partial charge in [-0.15, -0.1) is 0 Å². The van der Waals surface area contributed by atoms with Gasteiger partial charge in [0, 0.05) is 12.1 Å². The van der Waals surface area contributed by atoms with Crippen LogP contribution in [0.4, 0.5) is 8.78 Å². The maximum atomic E-state index is 13.5. The number of ether oxygens (including phenoxy) is 1. The predicted molar refractivity (Wildman–Crippen MR) is 68.9 cm³/mol. The summed E-state index contributed by atoms with van der Waals surface area (Å²) >= 11 is 0. The summed E-state index contributed by atoms with van der Waals surface area (Å²) in [4.78, 5) is 24.5. The van der Waals surface area contributed by atoms with Crippen LogP contribution in [0.3, 0.4) is 0 Å². The van der Waals surface area contributed by atoms with E-state index < -0.39 is 29.9 Å². The largest absolute Gasteiger partial charge is 0.465 e. The highest BCUT2D eigenvalue weighted by Gasteiger charge is 2.19. The Bertz CT molecular complexity index is 471. The van der Waals surface area contributed by atoms with E-state index in [9.17, 15) is 18.4 Å². The molecule has 0 aliphatic heterocycles. The molecule has 0 fully saturated rings. The number of amides is 1. The zero-order chi connectivity index (χ0) is 15.1. The number of hydrogen-bond acceptors (Lipinski definition) is 3. The zero-order valence-electron chi connectivity index (χ0n) is 11.5. The lowest BCUT2D eigenvalue weighted by atomic mass is 10.1. The van der Waals surface area contributed by atoms with E-state index in [4.69, 9.17) is 4.74 Å². The van der Waals surface area contributed by atoms with Crippen molar-refractivity contribution in [3.05, 3.63) is 35.4 Å². The number of nitrogens with zero attached hydrogens (tertiary/aromatic N) is 1. The molecular weight excluding hydrogens is 268 g/mol. The molecule has 0 radical (unpaired) electrons. The molecule has 0 heterocycles. The second-order valence-corrected chi connectivity index (χ2v) is 4.09. The number of esters is 1. The van der Waals surface area contributed by atoms with E-state index in [1.165, 1.54) is 11.0 Å². The van der Waals surface area contributed by atoms with Crippen LogP contribution in [0.25, 0.3) is 0 Å². The number of rotatable bonds is 6. The Labute approximate surface area is 116 Å². The van der Waals surface area contributed by atoms with Crippen LogP contribution in [0.2, 0.25) is 0 Å². The molecule has 0 aliphatic carbocycles. The third kappa shape index (κ3) is 4.29. The van der Waals surface area contributed by atoms with Crippen LogP contribution in [0.1, 0.15) is 19.4 Å². The number of carbonyl (C=O) groups excluding carboxylic acids is 2. The van der Waals surface area contributed by atoms with E-state index >= 15 is 0 Å². The first kappa shape index (κ1) is 16.1. The van der Waals surface area contributed by atoms with E-state index in [-0.39, 0.29) is 25.3 Å². The van der Waals surface area contributed by atoms with Gasteiger partial charge in [-0.25, -0.2) is 8.78 Å². The van der Waals surface area contributed by atoms with Crippen LogP contribution in [-0.4, -0.2) is 36.5 Å². The highest BCUT2D eigenvalue weighted by molar-refractivity contribution is 5.83. The van der Waals surface area contributed by atoms with Crippen molar-refractivity contribution in [2.24, 2.45) is 0 Å². The normalized spacial score (nSPS) is 10.2. The van der Waals surface area contributed by atoms with Crippen molar-refractivity contribution in [2.45, 2.75) is 20.3 Å². The van der Waals surface area contributed by atoms with Gasteiger partial charge in [0.25, 0.3) is 0 Å². The van der Waals surface area contributed by atoms with Crippen LogP contribution in [0.15, 0.2) is 18.2 Å². The van der Waals surface area contributed by atoms with Crippen LogP contribution in [-0.2, 0) is 20.7 Å². The fourth-order valence-electron chi connectivity index (χ4n) is 1.70. The Kier molecular flexibility index (Phi) is 6.09. The maximum Gasteiger partial charge on any atom is 0.325 e. The van der Waals surface area contributed by atoms with Crippen molar-refractivity contribution in [2.75, 3.05) is 19.7 Å². The molecule has 0 aliphatic rings. The molecule has 1 amide bonds. The van der Waals surface area contributed by atoms with E-state index in [2.05, 4.69) is 0 Å². The molecule has 0 unspecified atom stereocenters. The van der Waals surface area contributed by atoms with Gasteiger partial charge < -0.3 is 9.64 Å². The van der Waals surface area contributed by atoms with Crippen molar-refractivity contribution in [3.63, 3.8) is 0 Å². The molecule has 1 aromatic carbocycles. The second kappa shape index (κ2) is 7.57. The molecule has 0 saturated carbocycles. The molecule has 20 heavy (non-hydrogen) atoms. The summed E-state index contributed by atoms with van der Waals surface area (Å²) in [6.45, 7) is 3.58. The van der Waals surface area contributed by atoms with Gasteiger partial charge in [0.15, 0.2) is 0 Å². The molecule has 0 atom stereocenters. The van der Waals surface area contributed by atoms with Crippen molar-refractivity contribution in [3.8, 4) is 0 Å². The standard InChI is InChI=1S/C14H17F2NO3/c1-3-17(9-14(19)20-4-2)13(18)8-10-11(15)6-5-7-12(10)16/h5-7H,3-4,8-9H2,1-2H3. The Balaban J connectivity index is 2.75. The monoisotopic (exact) mass is 285 g/mol. The van der Waals surface area contributed by atoms with E-state index in [0.29, 0.717) is 0 Å². The van der Waals surface area contributed by atoms with E-state index in [1.807, 2.05) is 0 Å². The molecule has 4 nitrogen and oxygen atoms in total. The molecule has 0 saturated heterocycles. The second-order valence-electron chi connectivity index (χ2n) is 4.09. The molecule has 1 aromatic rings. The van der Waals surface area contributed by atoms with Crippen LogP contribution >= 0.6 is 0 Å². The van der Waals surface area contributed by atoms with Crippen molar-refractivity contribution in [1.82, 2.24) is 4.90 Å². The SMILES string of the molecule is CCOC(=O)CN(CC)C(=O)Cc1c(F)cccc1F. The van der Waals surface area contributed by atoms with Gasteiger partial charge in [-0.05, 0) is 26.0 Å². The summed E-state index contributed by atoms with van der Waals surface area (Å²) in [5.74, 6) is -2.61. The average Bonchev–Trinajstić information content (AvgIpc) is 2.40. The zero-order valence-corrected chi connectivity index (χ0v) is 11.5. The average molecular weight is 285 g/mol. The Hall–Kier alpha value is -1.98. The number of halogens is 2. The van der Waals surface area contributed by atoms with Gasteiger partial charge in [0.1, 0.15) is 18.2 Å². The fraction of sp³-hybridized carbons (Fsp3) is 0.429. The summed E-state index contributed by atoms with van der Waals surface area (Å²) in [6, 6.07) is 3.41. The minimum atomic E-state index is -0.773. The Morgan fingerprint density at radius 3 is 2.30 bits per heavy atom. The highest BCUT2D eigenvalue weighted by Crippen LogP contribution is 2.13. The van der Waals surface area contributed by atoms with Crippen LogP contribution in [0, 0.1) is 11.6 Å². The lowest BCUT2D eigenvalue weighted by Crippen LogP contribution is -2.37. The summed E-state index contributed by atoms with van der Waals surface area (Å²) < 4.78 is 31.7. The fourth-order valence-corrected chi connectivity index (χ4v) is 1.70. The lowest BCUT2D eigenvalue weighted by molar-refractivity contribution is -0.148. The quantitative estimate of drug-likeness (QED) is 0.750. The summed E-state index contributed by atoms with van der Waals surface area (Å²) in [7, 11) is 0. The Morgan fingerprint density at radius 1 is 1.20 bits per heavy atom. The van der Waals surface area contributed by atoms with Gasteiger partial charge in [-0.2, -0.15) is 0 Å². The summed E-state index contributed by atoms with van der Waals surface area (Å²) in [5.41, 5.74) is -0.292. The number of carbonyl (C=O) groups is 2. The molecule has 1 rings (SSSR count). The molecule has 0 bridgehead atoms. The van der Waals surface area contributed by atoms with Gasteiger partial charge in [-0.3, -0.25) is 9.59 Å². The van der Waals surface area contributed by atoms with Crippen LogP contribution in [0.5, 0.6) is 0 Å². The van der Waals surface area contributed by atoms with Gasteiger partial charge in [0.2, 0.25) is 5.91 Å². The number of hydrogen-bond donors (Lipinski definition) is 0. The third-order valence-corrected chi connectivity index (χ3v) is 2.75. The number of benzene rings is 1. The molecule has 0 spiro atoms. The minimum Gasteiger partial charge on any atom is -0.465 e. The molecule has 0 N–H and O–H groups in total. The highest BCUT2D eigenvalue weighted by atomic mass is 19.1. The Morgan fingerprint density at radius 2 is 1.80 bits per heavy atom. The first-order chi connectivity index (χ1) is 9.49. The van der Waals surface area contributed by atoms with E-state index in [1.54, 1.807) is 13.8 Å². The first-order valence-electron chi connectivity index (χ1n) is 6.35. The van der Waals surface area contributed by atoms with Crippen molar-refractivity contribution < 1.29 is 23.1 Å². The molecule has 110 valence electrons. The molecule has 0 aromatic heterocycles. The van der Waals surface area contributed by atoms with Gasteiger partial charge in [0.05, 0.1) is 13.0 Å². The van der Waals surface area contributed by atoms with Crippen molar-refractivity contribution in [1.29, 1.82) is 0 Å². The summed E-state index contributed by atoms with van der Waals surface area (Å²) in [5, 5.41) is 0. The molecule has 6 heteroatoms.